The Bertz CT molecular complexity index is 363. The minimum absolute atomic E-state index is 0.0797. The molecular weight excluding hydrogens is 220 g/mol. The number of methoxy groups -OCH3 is 1. The van der Waals surface area contributed by atoms with Gasteiger partial charge in [0.1, 0.15) is 5.75 Å². The first-order valence-corrected chi connectivity index (χ1v) is 5.55. The predicted molar refractivity (Wildman–Crippen MR) is 67.1 cm³/mol. The molecule has 0 saturated heterocycles. The van der Waals surface area contributed by atoms with E-state index in [-0.39, 0.29) is 23.4 Å². The third-order valence-electron chi connectivity index (χ3n) is 2.59. The van der Waals surface area contributed by atoms with Gasteiger partial charge < -0.3 is 10.1 Å². The lowest BCUT2D eigenvalue weighted by Crippen LogP contribution is -2.33. The van der Waals surface area contributed by atoms with Gasteiger partial charge >= 0.3 is 0 Å². The summed E-state index contributed by atoms with van der Waals surface area (Å²) in [6, 6.07) is 7.19. The summed E-state index contributed by atoms with van der Waals surface area (Å²) in [5.74, 6) is 0.966. The first-order chi connectivity index (χ1) is 8.02. The summed E-state index contributed by atoms with van der Waals surface area (Å²) >= 11 is 0. The van der Waals surface area contributed by atoms with E-state index >= 15 is 0 Å². The van der Waals surface area contributed by atoms with Crippen molar-refractivity contribution in [2.24, 2.45) is 5.92 Å². The number of ether oxygens (including phenoxy) is 1. The molecule has 0 amide bonds. The average molecular weight is 238 g/mol. The molecule has 0 aliphatic heterocycles. The van der Waals surface area contributed by atoms with Crippen LogP contribution in [0.3, 0.4) is 0 Å². The fourth-order valence-electron chi connectivity index (χ4n) is 1.49. The fourth-order valence-corrected chi connectivity index (χ4v) is 1.49. The third kappa shape index (κ3) is 4.30. The molecule has 0 aromatic heterocycles. The van der Waals surface area contributed by atoms with Crippen molar-refractivity contribution in [3.63, 3.8) is 0 Å². The van der Waals surface area contributed by atoms with Crippen LogP contribution in [-0.4, -0.2) is 24.6 Å². The van der Waals surface area contributed by atoms with Crippen molar-refractivity contribution in [3.8, 4) is 5.75 Å². The second-order valence-corrected chi connectivity index (χ2v) is 4.24. The smallest absolute Gasteiger partial charge is 0.223 e. The Balaban J connectivity index is 2.68. The highest BCUT2D eigenvalue weighted by molar-refractivity contribution is 5.47. The molecular formula is C12H18N2O3. The van der Waals surface area contributed by atoms with E-state index in [1.54, 1.807) is 7.11 Å². The number of nitrogens with one attached hydrogen (secondary N) is 1. The summed E-state index contributed by atoms with van der Waals surface area (Å²) in [7, 11) is 1.60. The first-order valence-electron chi connectivity index (χ1n) is 5.55. The predicted octanol–water partition coefficient (Wildman–Crippen LogP) is 2.41. The van der Waals surface area contributed by atoms with E-state index in [0.717, 1.165) is 11.4 Å². The molecule has 5 heteroatoms. The van der Waals surface area contributed by atoms with Crippen LogP contribution in [0.25, 0.3) is 0 Å². The molecule has 0 spiro atoms. The van der Waals surface area contributed by atoms with Crippen molar-refractivity contribution < 1.29 is 9.66 Å². The Morgan fingerprint density at radius 1 is 1.35 bits per heavy atom. The lowest BCUT2D eigenvalue weighted by atomic mass is 10.0. The second kappa shape index (κ2) is 6.08. The largest absolute Gasteiger partial charge is 0.497 e. The Morgan fingerprint density at radius 3 is 2.35 bits per heavy atom. The first kappa shape index (κ1) is 13.3. The molecule has 0 aliphatic carbocycles. The van der Waals surface area contributed by atoms with Crippen molar-refractivity contribution in [1.82, 2.24) is 0 Å². The highest BCUT2D eigenvalue weighted by atomic mass is 16.6. The lowest BCUT2D eigenvalue weighted by Gasteiger charge is -2.19. The molecule has 5 nitrogen and oxygen atoms in total. The minimum Gasteiger partial charge on any atom is -0.497 e. The molecule has 0 saturated carbocycles. The summed E-state index contributed by atoms with van der Waals surface area (Å²) < 4.78 is 5.05. The van der Waals surface area contributed by atoms with Crippen molar-refractivity contribution in [2.45, 2.75) is 19.9 Å². The molecule has 17 heavy (non-hydrogen) atoms. The van der Waals surface area contributed by atoms with E-state index in [9.17, 15) is 10.1 Å². The average Bonchev–Trinajstić information content (AvgIpc) is 2.28. The molecule has 1 aromatic rings. The topological polar surface area (TPSA) is 64.4 Å². The van der Waals surface area contributed by atoms with Gasteiger partial charge in [-0.1, -0.05) is 13.8 Å². The summed E-state index contributed by atoms with van der Waals surface area (Å²) in [6.45, 7) is 3.85. The molecule has 94 valence electrons. The maximum atomic E-state index is 10.6. The zero-order chi connectivity index (χ0) is 12.8. The molecule has 0 fully saturated rings. The highest BCUT2D eigenvalue weighted by Gasteiger charge is 2.18. The van der Waals surface area contributed by atoms with Gasteiger partial charge in [0.05, 0.1) is 13.2 Å². The van der Waals surface area contributed by atoms with Gasteiger partial charge in [-0.3, -0.25) is 10.1 Å². The molecule has 0 bridgehead atoms. The van der Waals surface area contributed by atoms with Gasteiger partial charge in [-0.15, -0.1) is 0 Å². The van der Waals surface area contributed by atoms with Crippen LogP contribution in [-0.2, 0) is 0 Å². The quantitative estimate of drug-likeness (QED) is 0.610. The van der Waals surface area contributed by atoms with Gasteiger partial charge in [0.25, 0.3) is 0 Å². The van der Waals surface area contributed by atoms with Crippen LogP contribution >= 0.6 is 0 Å². The monoisotopic (exact) mass is 238 g/mol. The van der Waals surface area contributed by atoms with E-state index < -0.39 is 0 Å². The Hall–Kier alpha value is -1.78. The number of anilines is 1. The van der Waals surface area contributed by atoms with Crippen LogP contribution < -0.4 is 10.1 Å². The van der Waals surface area contributed by atoms with Crippen LogP contribution in [0.1, 0.15) is 13.8 Å². The molecule has 0 radical (unpaired) electrons. The molecule has 1 rings (SSSR count). The van der Waals surface area contributed by atoms with Crippen LogP contribution in [0, 0.1) is 16.0 Å². The van der Waals surface area contributed by atoms with Crippen molar-refractivity contribution >= 4 is 5.69 Å². The van der Waals surface area contributed by atoms with Gasteiger partial charge in [-0.25, -0.2) is 0 Å². The Labute approximate surface area is 101 Å². The number of benzene rings is 1. The van der Waals surface area contributed by atoms with Crippen molar-refractivity contribution in [3.05, 3.63) is 34.4 Å². The van der Waals surface area contributed by atoms with Crippen molar-refractivity contribution in [2.75, 3.05) is 19.0 Å². The number of nitrogens with zero attached hydrogens (tertiary/aromatic N) is 1. The second-order valence-electron chi connectivity index (χ2n) is 4.24. The van der Waals surface area contributed by atoms with E-state index in [4.69, 9.17) is 4.74 Å². The summed E-state index contributed by atoms with van der Waals surface area (Å²) in [4.78, 5) is 10.3. The number of hydrogen-bond donors (Lipinski definition) is 1. The fraction of sp³-hybridized carbons (Fsp3) is 0.500. The van der Waals surface area contributed by atoms with E-state index in [1.165, 1.54) is 0 Å². The SMILES string of the molecule is COc1ccc(NC(C[N+](=O)[O-])C(C)C)cc1. The minimum atomic E-state index is -0.290. The van der Waals surface area contributed by atoms with Crippen LogP contribution in [0.5, 0.6) is 5.75 Å². The van der Waals surface area contributed by atoms with Gasteiger partial charge in [0, 0.05) is 10.6 Å². The van der Waals surface area contributed by atoms with Gasteiger partial charge in [-0.05, 0) is 30.2 Å². The van der Waals surface area contributed by atoms with E-state index in [2.05, 4.69) is 5.32 Å². The summed E-state index contributed by atoms with van der Waals surface area (Å²) in [5, 5.41) is 13.7. The molecule has 0 heterocycles. The van der Waals surface area contributed by atoms with Gasteiger partial charge in [0.2, 0.25) is 6.54 Å². The summed E-state index contributed by atoms with van der Waals surface area (Å²) in [5.41, 5.74) is 0.867. The van der Waals surface area contributed by atoms with Crippen LogP contribution in [0.2, 0.25) is 0 Å². The Morgan fingerprint density at radius 2 is 1.94 bits per heavy atom. The molecule has 0 aliphatic rings. The van der Waals surface area contributed by atoms with Gasteiger partial charge in [-0.2, -0.15) is 0 Å². The summed E-state index contributed by atoms with van der Waals surface area (Å²) in [6.07, 6.45) is 0. The van der Waals surface area contributed by atoms with Crippen LogP contribution in [0.15, 0.2) is 24.3 Å². The van der Waals surface area contributed by atoms with E-state index in [0.29, 0.717) is 0 Å². The standard InChI is InChI=1S/C12H18N2O3/c1-9(2)12(8-14(15)16)13-10-4-6-11(17-3)7-5-10/h4-7,9,12-13H,8H2,1-3H3. The molecule has 1 aromatic carbocycles. The molecule has 1 atom stereocenters. The zero-order valence-electron chi connectivity index (χ0n) is 10.3. The van der Waals surface area contributed by atoms with Crippen molar-refractivity contribution in [1.29, 1.82) is 0 Å². The number of rotatable bonds is 6. The third-order valence-corrected chi connectivity index (χ3v) is 2.59. The normalized spacial score (nSPS) is 12.2. The van der Waals surface area contributed by atoms with Gasteiger partial charge in [0.15, 0.2) is 0 Å². The highest BCUT2D eigenvalue weighted by Crippen LogP contribution is 2.17. The molecule has 1 unspecified atom stereocenters. The Kier molecular flexibility index (Phi) is 4.75. The maximum Gasteiger partial charge on any atom is 0.223 e. The van der Waals surface area contributed by atoms with E-state index in [1.807, 2.05) is 38.1 Å². The lowest BCUT2D eigenvalue weighted by molar-refractivity contribution is -0.482. The zero-order valence-corrected chi connectivity index (χ0v) is 10.3. The molecule has 1 N–H and O–H groups in total. The van der Waals surface area contributed by atoms with Crippen LogP contribution in [0.4, 0.5) is 5.69 Å². The maximum absolute atomic E-state index is 10.6. The number of nitro groups is 1. The number of hydrogen-bond acceptors (Lipinski definition) is 4.